The number of nitrogens with one attached hydrogen (secondary N) is 1. The fourth-order valence-electron chi connectivity index (χ4n) is 2.44. The number of alkyl halides is 3. The van der Waals surface area contributed by atoms with Gasteiger partial charge in [-0.05, 0) is 18.2 Å². The average Bonchev–Trinajstić information content (AvgIpc) is 2.37. The molecule has 1 fully saturated rings. The van der Waals surface area contributed by atoms with Crippen molar-refractivity contribution in [3.8, 4) is 0 Å². The van der Waals surface area contributed by atoms with E-state index in [0.717, 1.165) is 22.8 Å². The number of halogens is 3. The molecule has 1 N–H and O–H groups in total. The predicted octanol–water partition coefficient (Wildman–Crippen LogP) is 0.863. The molecule has 1 aromatic heterocycles. The van der Waals surface area contributed by atoms with Gasteiger partial charge in [0, 0.05) is 20.1 Å². The van der Waals surface area contributed by atoms with E-state index >= 15 is 0 Å². The Morgan fingerprint density at radius 1 is 1.24 bits per heavy atom. The van der Waals surface area contributed by atoms with Crippen LogP contribution < -0.4 is 16.6 Å². The summed E-state index contributed by atoms with van der Waals surface area (Å²) in [6, 6.07) is 2.52. The third kappa shape index (κ3) is 2.06. The van der Waals surface area contributed by atoms with E-state index in [-0.39, 0.29) is 16.9 Å². The van der Waals surface area contributed by atoms with Crippen molar-refractivity contribution in [2.24, 2.45) is 7.05 Å². The van der Waals surface area contributed by atoms with Crippen LogP contribution in [0.5, 0.6) is 0 Å². The predicted molar refractivity (Wildman–Crippen MR) is 70.4 cm³/mol. The minimum atomic E-state index is -4.53. The van der Waals surface area contributed by atoms with Crippen molar-refractivity contribution in [2.75, 3.05) is 13.1 Å². The van der Waals surface area contributed by atoms with Crippen molar-refractivity contribution in [3.05, 3.63) is 44.6 Å². The summed E-state index contributed by atoms with van der Waals surface area (Å²) in [6.07, 6.45) is -4.53. The summed E-state index contributed by atoms with van der Waals surface area (Å²) < 4.78 is 40.6. The molecule has 0 aliphatic carbocycles. The van der Waals surface area contributed by atoms with Crippen molar-refractivity contribution in [1.29, 1.82) is 0 Å². The number of hydrogen-bond acceptors (Lipinski definition) is 3. The van der Waals surface area contributed by atoms with Crippen LogP contribution in [0.25, 0.3) is 10.9 Å². The summed E-state index contributed by atoms with van der Waals surface area (Å²) in [7, 11) is 1.44. The lowest BCUT2D eigenvalue weighted by Crippen LogP contribution is -2.53. The second-order valence-electron chi connectivity index (χ2n) is 5.06. The molecule has 0 spiro atoms. The first-order valence-corrected chi connectivity index (χ1v) is 6.34. The number of fused-ring (bicyclic) bond motifs is 1. The Balaban J connectivity index is 2.36. The highest BCUT2D eigenvalue weighted by atomic mass is 19.4. The lowest BCUT2D eigenvalue weighted by molar-refractivity contribution is -0.137. The Kier molecular flexibility index (Phi) is 2.94. The van der Waals surface area contributed by atoms with Gasteiger partial charge in [0.15, 0.2) is 0 Å². The van der Waals surface area contributed by atoms with Crippen molar-refractivity contribution in [2.45, 2.75) is 12.2 Å². The Labute approximate surface area is 116 Å². The van der Waals surface area contributed by atoms with Gasteiger partial charge >= 0.3 is 11.9 Å². The fraction of sp³-hybridized carbons (Fsp3) is 0.385. The molecule has 5 nitrogen and oxygen atoms in total. The van der Waals surface area contributed by atoms with Gasteiger partial charge < -0.3 is 5.32 Å². The normalized spacial score (nSPS) is 16.2. The van der Waals surface area contributed by atoms with Gasteiger partial charge in [-0.3, -0.25) is 13.9 Å². The molecule has 1 aliphatic rings. The van der Waals surface area contributed by atoms with E-state index in [1.165, 1.54) is 11.6 Å². The molecule has 1 aliphatic heterocycles. The molecule has 0 bridgehead atoms. The summed E-state index contributed by atoms with van der Waals surface area (Å²) >= 11 is 0. The zero-order valence-electron chi connectivity index (χ0n) is 11.1. The number of aryl methyl sites for hydroxylation is 1. The van der Waals surface area contributed by atoms with Gasteiger partial charge in [0.05, 0.1) is 22.5 Å². The standard InChI is InChI=1S/C13H12F3N3O2/c1-18-10-3-2-7(13(14,15)16)4-9(10)11(20)19(12(18)21)8-5-17-6-8/h2-4,8,17H,5-6H2,1H3. The van der Waals surface area contributed by atoms with E-state index in [4.69, 9.17) is 0 Å². The monoisotopic (exact) mass is 299 g/mol. The average molecular weight is 299 g/mol. The second kappa shape index (κ2) is 4.45. The molecule has 112 valence electrons. The minimum Gasteiger partial charge on any atom is -0.312 e. The highest BCUT2D eigenvalue weighted by Gasteiger charge is 2.31. The molecule has 0 radical (unpaired) electrons. The number of hydrogen-bond donors (Lipinski definition) is 1. The summed E-state index contributed by atoms with van der Waals surface area (Å²) in [5.41, 5.74) is -1.89. The third-order valence-electron chi connectivity index (χ3n) is 3.75. The Morgan fingerprint density at radius 3 is 2.43 bits per heavy atom. The first-order valence-electron chi connectivity index (χ1n) is 6.34. The van der Waals surface area contributed by atoms with Crippen LogP contribution in [0.4, 0.5) is 13.2 Å². The van der Waals surface area contributed by atoms with Crippen LogP contribution in [-0.4, -0.2) is 22.2 Å². The highest BCUT2D eigenvalue weighted by molar-refractivity contribution is 5.79. The summed E-state index contributed by atoms with van der Waals surface area (Å²) in [4.78, 5) is 24.6. The van der Waals surface area contributed by atoms with Crippen molar-refractivity contribution in [1.82, 2.24) is 14.5 Å². The van der Waals surface area contributed by atoms with Crippen molar-refractivity contribution in [3.63, 3.8) is 0 Å². The molecule has 8 heteroatoms. The lowest BCUT2D eigenvalue weighted by Gasteiger charge is -2.28. The first-order chi connectivity index (χ1) is 9.80. The molecule has 1 aromatic carbocycles. The maximum atomic E-state index is 12.8. The van der Waals surface area contributed by atoms with Gasteiger partial charge in [-0.15, -0.1) is 0 Å². The minimum absolute atomic E-state index is 0.0983. The van der Waals surface area contributed by atoms with Crippen LogP contribution in [0.2, 0.25) is 0 Å². The smallest absolute Gasteiger partial charge is 0.312 e. The zero-order chi connectivity index (χ0) is 15.4. The summed E-state index contributed by atoms with van der Waals surface area (Å²) in [5, 5.41) is 2.83. The summed E-state index contributed by atoms with van der Waals surface area (Å²) in [6.45, 7) is 0.916. The van der Waals surface area contributed by atoms with E-state index in [1.54, 1.807) is 0 Å². The second-order valence-corrected chi connectivity index (χ2v) is 5.06. The van der Waals surface area contributed by atoms with Gasteiger partial charge in [0.25, 0.3) is 5.56 Å². The molecule has 0 saturated carbocycles. The van der Waals surface area contributed by atoms with Crippen LogP contribution in [0, 0.1) is 0 Å². The topological polar surface area (TPSA) is 56.0 Å². The first kappa shape index (κ1) is 13.9. The molecule has 2 heterocycles. The molecule has 0 unspecified atom stereocenters. The van der Waals surface area contributed by atoms with Crippen LogP contribution in [0.3, 0.4) is 0 Å². The zero-order valence-corrected chi connectivity index (χ0v) is 11.1. The number of aromatic nitrogens is 2. The van der Waals surface area contributed by atoms with Crippen LogP contribution in [-0.2, 0) is 13.2 Å². The third-order valence-corrected chi connectivity index (χ3v) is 3.75. The summed E-state index contributed by atoms with van der Waals surface area (Å²) in [5.74, 6) is 0. The van der Waals surface area contributed by atoms with E-state index < -0.39 is 23.0 Å². The lowest BCUT2D eigenvalue weighted by atomic mass is 10.1. The molecule has 2 aromatic rings. The van der Waals surface area contributed by atoms with Gasteiger partial charge in [0.1, 0.15) is 0 Å². The van der Waals surface area contributed by atoms with Gasteiger partial charge in [0.2, 0.25) is 0 Å². The van der Waals surface area contributed by atoms with E-state index in [2.05, 4.69) is 5.32 Å². The maximum Gasteiger partial charge on any atom is 0.416 e. The van der Waals surface area contributed by atoms with E-state index in [9.17, 15) is 22.8 Å². The SMILES string of the molecule is Cn1c(=O)n(C2CNC2)c(=O)c2cc(C(F)(F)F)ccc21. The maximum absolute atomic E-state index is 12.8. The van der Waals surface area contributed by atoms with Crippen molar-refractivity contribution >= 4 is 10.9 Å². The molecular weight excluding hydrogens is 287 g/mol. The van der Waals surface area contributed by atoms with Crippen molar-refractivity contribution < 1.29 is 13.2 Å². The molecule has 3 rings (SSSR count). The largest absolute Gasteiger partial charge is 0.416 e. The van der Waals surface area contributed by atoms with Gasteiger partial charge in [-0.25, -0.2) is 4.79 Å². The number of nitrogens with zero attached hydrogens (tertiary/aromatic N) is 2. The molecule has 21 heavy (non-hydrogen) atoms. The molecule has 0 amide bonds. The fourth-order valence-corrected chi connectivity index (χ4v) is 2.44. The van der Waals surface area contributed by atoms with Crippen LogP contribution >= 0.6 is 0 Å². The van der Waals surface area contributed by atoms with E-state index in [1.807, 2.05) is 0 Å². The number of rotatable bonds is 1. The Hall–Kier alpha value is -2.09. The van der Waals surface area contributed by atoms with Gasteiger partial charge in [-0.2, -0.15) is 13.2 Å². The van der Waals surface area contributed by atoms with E-state index in [0.29, 0.717) is 13.1 Å². The van der Waals surface area contributed by atoms with Crippen LogP contribution in [0.15, 0.2) is 27.8 Å². The van der Waals surface area contributed by atoms with Gasteiger partial charge in [-0.1, -0.05) is 0 Å². The molecule has 1 saturated heterocycles. The molecular formula is C13H12F3N3O2. The number of benzene rings is 1. The Morgan fingerprint density at radius 2 is 1.90 bits per heavy atom. The van der Waals surface area contributed by atoms with Crippen LogP contribution in [0.1, 0.15) is 11.6 Å². The molecule has 0 atom stereocenters. The quantitative estimate of drug-likeness (QED) is 0.850. The highest BCUT2D eigenvalue weighted by Crippen LogP contribution is 2.30. The Bertz CT molecular complexity index is 831.